The average molecular weight is 351 g/mol. The van der Waals surface area contributed by atoms with Gasteiger partial charge in [0.25, 0.3) is 0 Å². The fourth-order valence-electron chi connectivity index (χ4n) is 2.13. The molecule has 8 heteroatoms. The van der Waals surface area contributed by atoms with Gasteiger partial charge in [-0.2, -0.15) is 4.72 Å². The number of aliphatic carboxylic acids is 1. The summed E-state index contributed by atoms with van der Waals surface area (Å²) in [6.07, 6.45) is 0.542. The standard InChI is InChI=1S/C16H14FNO5S/c17-11-1-3-12(4-2-11)23-13-5-7-14(8-6-13)24(21,22)18-16(9-10-16)15(19)20/h1-8,18H,9-10H2,(H,19,20). The molecule has 1 aliphatic carbocycles. The summed E-state index contributed by atoms with van der Waals surface area (Å²) in [5.74, 6) is -0.780. The van der Waals surface area contributed by atoms with Crippen LogP contribution in [-0.2, 0) is 14.8 Å². The number of ether oxygens (including phenoxy) is 1. The maximum atomic E-state index is 12.8. The summed E-state index contributed by atoms with van der Waals surface area (Å²) >= 11 is 0. The van der Waals surface area contributed by atoms with Crippen LogP contribution in [0, 0.1) is 5.82 Å². The topological polar surface area (TPSA) is 92.7 Å². The van der Waals surface area contributed by atoms with Gasteiger partial charge >= 0.3 is 5.97 Å². The monoisotopic (exact) mass is 351 g/mol. The second-order valence-electron chi connectivity index (χ2n) is 5.52. The van der Waals surface area contributed by atoms with Gasteiger partial charge in [0.1, 0.15) is 22.9 Å². The van der Waals surface area contributed by atoms with Crippen molar-refractivity contribution in [1.29, 1.82) is 0 Å². The Morgan fingerprint density at radius 3 is 2.00 bits per heavy atom. The Kier molecular flexibility index (Phi) is 4.02. The van der Waals surface area contributed by atoms with E-state index in [0.29, 0.717) is 11.5 Å². The molecule has 6 nitrogen and oxygen atoms in total. The van der Waals surface area contributed by atoms with Crippen LogP contribution in [0.25, 0.3) is 0 Å². The van der Waals surface area contributed by atoms with E-state index in [-0.39, 0.29) is 23.6 Å². The molecule has 0 bridgehead atoms. The summed E-state index contributed by atoms with van der Waals surface area (Å²) < 4.78 is 45.0. The Labute approximate surface area is 137 Å². The van der Waals surface area contributed by atoms with Crippen LogP contribution in [0.2, 0.25) is 0 Å². The predicted molar refractivity (Wildman–Crippen MR) is 82.8 cm³/mol. The number of sulfonamides is 1. The van der Waals surface area contributed by atoms with Crippen LogP contribution in [-0.4, -0.2) is 25.0 Å². The Balaban J connectivity index is 1.74. The van der Waals surface area contributed by atoms with E-state index >= 15 is 0 Å². The number of carboxylic acids is 1. The molecule has 0 radical (unpaired) electrons. The summed E-state index contributed by atoms with van der Waals surface area (Å²) in [6.45, 7) is 0. The molecule has 126 valence electrons. The highest BCUT2D eigenvalue weighted by atomic mass is 32.2. The lowest BCUT2D eigenvalue weighted by Gasteiger charge is -2.13. The molecule has 2 N–H and O–H groups in total. The summed E-state index contributed by atoms with van der Waals surface area (Å²) in [5.41, 5.74) is -1.39. The van der Waals surface area contributed by atoms with E-state index in [1.165, 1.54) is 48.5 Å². The van der Waals surface area contributed by atoms with Crippen molar-refractivity contribution in [2.24, 2.45) is 0 Å². The second-order valence-corrected chi connectivity index (χ2v) is 7.20. The normalized spacial score (nSPS) is 15.7. The van der Waals surface area contributed by atoms with Crippen LogP contribution in [0.4, 0.5) is 4.39 Å². The molecule has 2 aromatic rings. The molecule has 1 fully saturated rings. The largest absolute Gasteiger partial charge is 0.480 e. The first-order valence-electron chi connectivity index (χ1n) is 7.12. The molecule has 0 saturated heterocycles. The van der Waals surface area contributed by atoms with E-state index in [2.05, 4.69) is 4.72 Å². The van der Waals surface area contributed by atoms with Gasteiger partial charge in [-0.3, -0.25) is 4.79 Å². The van der Waals surface area contributed by atoms with Crippen molar-refractivity contribution < 1.29 is 27.4 Å². The second kappa shape index (κ2) is 5.88. The first-order chi connectivity index (χ1) is 11.3. The number of rotatable bonds is 6. The summed E-state index contributed by atoms with van der Waals surface area (Å²) in [5, 5.41) is 9.07. The Bertz CT molecular complexity index is 858. The third kappa shape index (κ3) is 3.39. The SMILES string of the molecule is O=C(O)C1(NS(=O)(=O)c2ccc(Oc3ccc(F)cc3)cc2)CC1. The van der Waals surface area contributed by atoms with Gasteiger partial charge < -0.3 is 9.84 Å². The van der Waals surface area contributed by atoms with Crippen LogP contribution in [0.15, 0.2) is 53.4 Å². The molecule has 2 aromatic carbocycles. The quantitative estimate of drug-likeness (QED) is 0.834. The number of benzene rings is 2. The van der Waals surface area contributed by atoms with Crippen LogP contribution < -0.4 is 9.46 Å². The van der Waals surface area contributed by atoms with Crippen molar-refractivity contribution >= 4 is 16.0 Å². The minimum absolute atomic E-state index is 0.0542. The molecular formula is C16H14FNO5S. The summed E-state index contributed by atoms with van der Waals surface area (Å²) in [6, 6.07) is 10.9. The lowest BCUT2D eigenvalue weighted by Crippen LogP contribution is -2.42. The molecule has 24 heavy (non-hydrogen) atoms. The molecule has 1 saturated carbocycles. The minimum Gasteiger partial charge on any atom is -0.480 e. The van der Waals surface area contributed by atoms with E-state index in [9.17, 15) is 17.6 Å². The van der Waals surface area contributed by atoms with E-state index in [1.807, 2.05) is 0 Å². The maximum absolute atomic E-state index is 12.8. The first kappa shape index (κ1) is 16.4. The van der Waals surface area contributed by atoms with Gasteiger partial charge in [0.05, 0.1) is 4.90 Å². The zero-order chi connectivity index (χ0) is 17.4. The fourth-order valence-corrected chi connectivity index (χ4v) is 3.54. The molecule has 0 spiro atoms. The molecule has 0 unspecified atom stereocenters. The van der Waals surface area contributed by atoms with Gasteiger partial charge in [-0.25, -0.2) is 12.8 Å². The predicted octanol–water partition coefficient (Wildman–Crippen LogP) is 2.51. The van der Waals surface area contributed by atoms with Crippen molar-refractivity contribution in [3.8, 4) is 11.5 Å². The third-order valence-corrected chi connectivity index (χ3v) is 5.22. The van der Waals surface area contributed by atoms with Crippen LogP contribution >= 0.6 is 0 Å². The number of halogens is 1. The lowest BCUT2D eigenvalue weighted by atomic mass is 10.3. The first-order valence-corrected chi connectivity index (χ1v) is 8.60. The zero-order valence-electron chi connectivity index (χ0n) is 12.4. The fraction of sp³-hybridized carbons (Fsp3) is 0.188. The van der Waals surface area contributed by atoms with E-state index < -0.39 is 21.5 Å². The van der Waals surface area contributed by atoms with E-state index in [1.54, 1.807) is 0 Å². The van der Waals surface area contributed by atoms with Crippen LogP contribution in [0.1, 0.15) is 12.8 Å². The molecule has 1 aliphatic rings. The number of carbonyl (C=O) groups is 1. The van der Waals surface area contributed by atoms with Gasteiger partial charge in [0.15, 0.2) is 0 Å². The van der Waals surface area contributed by atoms with Crippen molar-refractivity contribution in [3.05, 3.63) is 54.3 Å². The van der Waals surface area contributed by atoms with Gasteiger partial charge in [-0.05, 0) is 61.4 Å². The van der Waals surface area contributed by atoms with Gasteiger partial charge in [0.2, 0.25) is 10.0 Å². The summed E-state index contributed by atoms with van der Waals surface area (Å²) in [7, 11) is -3.93. The number of nitrogens with one attached hydrogen (secondary N) is 1. The molecule has 0 aromatic heterocycles. The molecule has 0 heterocycles. The average Bonchev–Trinajstić information content (AvgIpc) is 3.30. The van der Waals surface area contributed by atoms with E-state index in [0.717, 1.165) is 0 Å². The van der Waals surface area contributed by atoms with Gasteiger partial charge in [-0.15, -0.1) is 0 Å². The smallest absolute Gasteiger partial charge is 0.324 e. The van der Waals surface area contributed by atoms with Crippen molar-refractivity contribution in [1.82, 2.24) is 4.72 Å². The zero-order valence-corrected chi connectivity index (χ0v) is 13.2. The summed E-state index contributed by atoms with van der Waals surface area (Å²) in [4.78, 5) is 11.0. The lowest BCUT2D eigenvalue weighted by molar-refractivity contribution is -0.140. The van der Waals surface area contributed by atoms with Gasteiger partial charge in [0, 0.05) is 0 Å². The Hall–Kier alpha value is -2.45. The van der Waals surface area contributed by atoms with Gasteiger partial charge in [-0.1, -0.05) is 0 Å². The van der Waals surface area contributed by atoms with Crippen molar-refractivity contribution in [2.45, 2.75) is 23.3 Å². The molecule has 0 atom stereocenters. The highest BCUT2D eigenvalue weighted by molar-refractivity contribution is 7.89. The van der Waals surface area contributed by atoms with Crippen LogP contribution in [0.5, 0.6) is 11.5 Å². The number of carboxylic acid groups (broad SMARTS) is 1. The highest BCUT2D eigenvalue weighted by Gasteiger charge is 2.53. The maximum Gasteiger partial charge on any atom is 0.324 e. The van der Waals surface area contributed by atoms with E-state index in [4.69, 9.17) is 9.84 Å². The molecule has 0 aliphatic heterocycles. The molecular weight excluding hydrogens is 337 g/mol. The molecule has 0 amide bonds. The minimum atomic E-state index is -3.93. The number of hydrogen-bond acceptors (Lipinski definition) is 4. The van der Waals surface area contributed by atoms with Crippen LogP contribution in [0.3, 0.4) is 0 Å². The van der Waals surface area contributed by atoms with Crippen molar-refractivity contribution in [2.75, 3.05) is 0 Å². The number of hydrogen-bond donors (Lipinski definition) is 2. The highest BCUT2D eigenvalue weighted by Crippen LogP contribution is 2.37. The van der Waals surface area contributed by atoms with Crippen molar-refractivity contribution in [3.63, 3.8) is 0 Å². The third-order valence-electron chi connectivity index (χ3n) is 3.67. The Morgan fingerprint density at radius 2 is 1.54 bits per heavy atom. The molecule has 3 rings (SSSR count). The Morgan fingerprint density at radius 1 is 1.04 bits per heavy atom.